The maximum Gasteiger partial charge on any atom is 0.290 e. The van der Waals surface area contributed by atoms with Gasteiger partial charge in [0, 0.05) is 17.1 Å². The Morgan fingerprint density at radius 2 is 1.85 bits per heavy atom. The maximum atomic E-state index is 13.3. The summed E-state index contributed by atoms with van der Waals surface area (Å²) in [5, 5.41) is 4.03. The minimum atomic E-state index is -3.84. The van der Waals surface area contributed by atoms with Gasteiger partial charge in [0.15, 0.2) is 0 Å². The second kappa shape index (κ2) is 8.54. The molecule has 1 aliphatic heterocycles. The van der Waals surface area contributed by atoms with E-state index in [4.69, 9.17) is 4.74 Å². The molecule has 0 bridgehead atoms. The van der Waals surface area contributed by atoms with Crippen molar-refractivity contribution in [2.75, 3.05) is 0 Å². The number of aromatic nitrogens is 1. The van der Waals surface area contributed by atoms with E-state index in [9.17, 15) is 18.0 Å². The molecule has 10 heteroatoms. The number of hydrogen-bond acceptors (Lipinski definition) is 7. The fraction of sp³-hybridized carbons (Fsp3) is 0.0435. The topological polar surface area (TPSA) is 94.5 Å². The number of ether oxygens (including phenoxy) is 1. The SMILES string of the molecule is O=C1NC(=O)/C(=C/c2cn(S(=O)(=O)c3cccs3)c3ccc(OCc4ccccc4)cc23)S1. The third-order valence-electron chi connectivity index (χ3n) is 4.96. The molecule has 0 unspecified atom stereocenters. The van der Waals surface area contributed by atoms with Gasteiger partial charge in [0.2, 0.25) is 0 Å². The lowest BCUT2D eigenvalue weighted by Crippen LogP contribution is -2.17. The minimum Gasteiger partial charge on any atom is -0.489 e. The Kier molecular flexibility index (Phi) is 5.57. The zero-order chi connectivity index (χ0) is 23.0. The predicted molar refractivity (Wildman–Crippen MR) is 129 cm³/mol. The van der Waals surface area contributed by atoms with Crippen LogP contribution in [0.4, 0.5) is 4.79 Å². The first-order chi connectivity index (χ1) is 15.9. The average Bonchev–Trinajstić information content (AvgIpc) is 3.53. The summed E-state index contributed by atoms with van der Waals surface area (Å²) in [4.78, 5) is 23.9. The molecule has 2 aromatic carbocycles. The molecule has 4 aromatic rings. The van der Waals surface area contributed by atoms with Gasteiger partial charge in [-0.15, -0.1) is 11.3 Å². The number of benzene rings is 2. The molecular weight excluding hydrogens is 480 g/mol. The van der Waals surface area contributed by atoms with Crippen LogP contribution < -0.4 is 10.1 Å². The molecule has 0 aliphatic carbocycles. The van der Waals surface area contributed by atoms with Crippen LogP contribution in [0.15, 0.2) is 81.4 Å². The number of nitrogens with zero attached hydrogens (tertiary/aromatic N) is 1. The molecule has 1 aliphatic rings. The molecule has 2 amide bonds. The Morgan fingerprint density at radius 3 is 2.55 bits per heavy atom. The van der Waals surface area contributed by atoms with E-state index >= 15 is 0 Å². The number of hydrogen-bond donors (Lipinski definition) is 1. The van der Waals surface area contributed by atoms with E-state index in [0.717, 1.165) is 28.7 Å². The number of fused-ring (bicyclic) bond motifs is 1. The lowest BCUT2D eigenvalue weighted by atomic mass is 10.1. The van der Waals surface area contributed by atoms with Crippen molar-refractivity contribution >= 4 is 61.2 Å². The quantitative estimate of drug-likeness (QED) is 0.384. The van der Waals surface area contributed by atoms with Gasteiger partial charge in [-0.3, -0.25) is 14.9 Å². The Bertz CT molecular complexity index is 1500. The van der Waals surface area contributed by atoms with Crippen molar-refractivity contribution in [3.05, 3.63) is 88.3 Å². The van der Waals surface area contributed by atoms with Crippen LogP contribution in [0, 0.1) is 0 Å². The fourth-order valence-corrected chi connectivity index (χ4v) is 6.55. The van der Waals surface area contributed by atoms with E-state index in [-0.39, 0.29) is 9.11 Å². The number of thiophene rings is 1. The number of imide groups is 1. The minimum absolute atomic E-state index is 0.197. The molecule has 1 fully saturated rings. The van der Waals surface area contributed by atoms with Gasteiger partial charge in [0.1, 0.15) is 16.6 Å². The van der Waals surface area contributed by atoms with Crippen molar-refractivity contribution in [3.8, 4) is 5.75 Å². The van der Waals surface area contributed by atoms with Crippen molar-refractivity contribution in [3.63, 3.8) is 0 Å². The summed E-state index contributed by atoms with van der Waals surface area (Å²) in [6.07, 6.45) is 2.99. The summed E-state index contributed by atoms with van der Waals surface area (Å²) in [6, 6.07) is 18.0. The van der Waals surface area contributed by atoms with E-state index in [0.29, 0.717) is 28.8 Å². The molecule has 5 rings (SSSR count). The van der Waals surface area contributed by atoms with Crippen molar-refractivity contribution in [2.24, 2.45) is 0 Å². The van der Waals surface area contributed by atoms with Gasteiger partial charge in [0.05, 0.1) is 10.4 Å². The summed E-state index contributed by atoms with van der Waals surface area (Å²) >= 11 is 1.90. The molecule has 0 spiro atoms. The van der Waals surface area contributed by atoms with Crippen LogP contribution in [-0.4, -0.2) is 23.5 Å². The van der Waals surface area contributed by atoms with E-state index in [1.54, 1.807) is 35.7 Å². The average molecular weight is 497 g/mol. The number of carbonyl (C=O) groups excluding carboxylic acids is 2. The molecule has 1 saturated heterocycles. The number of amides is 2. The van der Waals surface area contributed by atoms with E-state index in [2.05, 4.69) is 5.32 Å². The second-order valence-electron chi connectivity index (χ2n) is 7.12. The molecule has 166 valence electrons. The first-order valence-electron chi connectivity index (χ1n) is 9.77. The molecule has 7 nitrogen and oxygen atoms in total. The Balaban J connectivity index is 1.61. The summed E-state index contributed by atoms with van der Waals surface area (Å²) in [7, 11) is -3.84. The van der Waals surface area contributed by atoms with Gasteiger partial charge < -0.3 is 4.74 Å². The van der Waals surface area contributed by atoms with Gasteiger partial charge in [-0.2, -0.15) is 8.42 Å². The second-order valence-corrected chi connectivity index (χ2v) is 11.1. The lowest BCUT2D eigenvalue weighted by Gasteiger charge is -2.08. The molecule has 3 heterocycles. The molecular formula is C23H16N2O5S3. The Morgan fingerprint density at radius 1 is 1.03 bits per heavy atom. The first-order valence-corrected chi connectivity index (χ1v) is 12.9. The highest BCUT2D eigenvalue weighted by molar-refractivity contribution is 8.18. The van der Waals surface area contributed by atoms with Gasteiger partial charge in [-0.1, -0.05) is 36.4 Å². The molecule has 1 N–H and O–H groups in total. The van der Waals surface area contributed by atoms with Gasteiger partial charge in [-0.25, -0.2) is 3.97 Å². The van der Waals surface area contributed by atoms with E-state index in [1.165, 1.54) is 16.2 Å². The monoisotopic (exact) mass is 496 g/mol. The first kappa shape index (κ1) is 21.5. The van der Waals surface area contributed by atoms with Crippen LogP contribution in [0.5, 0.6) is 5.75 Å². The van der Waals surface area contributed by atoms with E-state index < -0.39 is 21.2 Å². The van der Waals surface area contributed by atoms with Gasteiger partial charge in [0.25, 0.3) is 21.2 Å². The van der Waals surface area contributed by atoms with Crippen molar-refractivity contribution in [1.82, 2.24) is 9.29 Å². The zero-order valence-corrected chi connectivity index (χ0v) is 19.4. The molecule has 33 heavy (non-hydrogen) atoms. The third-order valence-corrected chi connectivity index (χ3v) is 8.82. The Labute approximate surface area is 197 Å². The van der Waals surface area contributed by atoms with E-state index in [1.807, 2.05) is 30.3 Å². The van der Waals surface area contributed by atoms with Gasteiger partial charge in [-0.05, 0) is 53.0 Å². The number of carbonyl (C=O) groups is 2. The highest BCUT2D eigenvalue weighted by Crippen LogP contribution is 2.34. The van der Waals surface area contributed by atoms with Crippen LogP contribution in [0.25, 0.3) is 17.0 Å². The van der Waals surface area contributed by atoms with Crippen LogP contribution in [0.1, 0.15) is 11.1 Å². The highest BCUT2D eigenvalue weighted by atomic mass is 32.2. The molecule has 0 saturated carbocycles. The fourth-order valence-electron chi connectivity index (χ4n) is 3.42. The molecule has 0 radical (unpaired) electrons. The Hall–Kier alpha value is -3.34. The smallest absolute Gasteiger partial charge is 0.290 e. The summed E-state index contributed by atoms with van der Waals surface area (Å²) in [5.74, 6) is 0.0420. The van der Waals surface area contributed by atoms with Crippen molar-refractivity contribution in [2.45, 2.75) is 10.8 Å². The number of thioether (sulfide) groups is 1. The van der Waals surface area contributed by atoms with Crippen molar-refractivity contribution in [1.29, 1.82) is 0 Å². The third kappa shape index (κ3) is 4.20. The number of rotatable bonds is 6. The summed E-state index contributed by atoms with van der Waals surface area (Å²) in [5.41, 5.74) is 1.93. The molecule has 0 atom stereocenters. The van der Waals surface area contributed by atoms with Crippen LogP contribution in [-0.2, 0) is 21.4 Å². The van der Waals surface area contributed by atoms with Gasteiger partial charge >= 0.3 is 0 Å². The van der Waals surface area contributed by atoms with Crippen LogP contribution >= 0.6 is 23.1 Å². The lowest BCUT2D eigenvalue weighted by molar-refractivity contribution is -0.115. The normalized spacial score (nSPS) is 15.3. The maximum absolute atomic E-state index is 13.3. The summed E-state index contributed by atoms with van der Waals surface area (Å²) < 4.78 is 33.8. The zero-order valence-electron chi connectivity index (χ0n) is 16.9. The largest absolute Gasteiger partial charge is 0.489 e. The standard InChI is InChI=1S/C23H16N2O5S3/c26-22-20(32-23(27)24-22)11-16-13-25(33(28,29)21-7-4-10-31-21)19-9-8-17(12-18(16)19)30-14-15-5-2-1-3-6-15/h1-13H,14H2,(H,24,26,27)/b20-11-. The van der Waals surface area contributed by atoms with Crippen molar-refractivity contribution < 1.29 is 22.7 Å². The number of nitrogens with one attached hydrogen (secondary N) is 1. The molecule has 2 aromatic heterocycles. The van der Waals surface area contributed by atoms with Crippen LogP contribution in [0.2, 0.25) is 0 Å². The highest BCUT2D eigenvalue weighted by Gasteiger charge is 2.27. The predicted octanol–water partition coefficient (Wildman–Crippen LogP) is 4.84. The van der Waals surface area contributed by atoms with Crippen LogP contribution in [0.3, 0.4) is 0 Å². The summed E-state index contributed by atoms with van der Waals surface area (Å²) in [6.45, 7) is 0.351.